The molecule has 0 aromatic heterocycles. The maximum Gasteiger partial charge on any atom is 0.337 e. The molecule has 0 heterocycles. The van der Waals surface area contributed by atoms with Gasteiger partial charge in [-0.1, -0.05) is 0 Å². The van der Waals surface area contributed by atoms with Crippen molar-refractivity contribution in [3.63, 3.8) is 0 Å². The van der Waals surface area contributed by atoms with Crippen LogP contribution in [0.2, 0.25) is 0 Å². The van der Waals surface area contributed by atoms with Crippen LogP contribution in [0.25, 0.3) is 0 Å². The molecule has 2 rings (SSSR count). The number of anilines is 3. The highest BCUT2D eigenvalue weighted by molar-refractivity contribution is 9.10. The average Bonchev–Trinajstić information content (AvgIpc) is 2.35. The Balaban J connectivity index is 2.33. The largest absolute Gasteiger partial charge is 0.478 e. The van der Waals surface area contributed by atoms with E-state index in [1.54, 1.807) is 19.1 Å². The molecular formula is C14H12BrFN2O2. The van der Waals surface area contributed by atoms with E-state index < -0.39 is 5.97 Å². The van der Waals surface area contributed by atoms with E-state index in [0.717, 1.165) is 5.56 Å². The quantitative estimate of drug-likeness (QED) is 0.741. The zero-order valence-corrected chi connectivity index (χ0v) is 12.2. The number of aromatic carboxylic acids is 1. The van der Waals surface area contributed by atoms with Crippen molar-refractivity contribution in [3.05, 3.63) is 51.7 Å². The number of nitrogens with two attached hydrogens (primary N) is 1. The minimum atomic E-state index is -1.07. The maximum absolute atomic E-state index is 13.3. The summed E-state index contributed by atoms with van der Waals surface area (Å²) in [6.45, 7) is 1.77. The van der Waals surface area contributed by atoms with Crippen LogP contribution in [-0.2, 0) is 0 Å². The Hall–Kier alpha value is -2.08. The number of halogens is 2. The van der Waals surface area contributed by atoms with Crippen molar-refractivity contribution in [1.82, 2.24) is 0 Å². The van der Waals surface area contributed by atoms with E-state index in [1.165, 1.54) is 18.2 Å². The predicted octanol–water partition coefficient (Wildman–Crippen LogP) is 3.92. The normalized spacial score (nSPS) is 10.3. The smallest absolute Gasteiger partial charge is 0.337 e. The van der Waals surface area contributed by atoms with Gasteiger partial charge in [0.25, 0.3) is 0 Å². The number of nitrogens with one attached hydrogen (secondary N) is 1. The van der Waals surface area contributed by atoms with E-state index in [-0.39, 0.29) is 17.1 Å². The van der Waals surface area contributed by atoms with Gasteiger partial charge in [0.1, 0.15) is 5.82 Å². The number of benzene rings is 2. The number of aryl methyl sites for hydroxylation is 1. The molecule has 0 aliphatic carbocycles. The maximum atomic E-state index is 13.3. The third kappa shape index (κ3) is 2.91. The van der Waals surface area contributed by atoms with Gasteiger partial charge in [-0.2, -0.15) is 0 Å². The van der Waals surface area contributed by atoms with E-state index in [0.29, 0.717) is 15.8 Å². The molecule has 2 aromatic rings. The highest BCUT2D eigenvalue weighted by Gasteiger charge is 2.09. The van der Waals surface area contributed by atoms with Crippen molar-refractivity contribution in [2.45, 2.75) is 6.92 Å². The highest BCUT2D eigenvalue weighted by atomic mass is 79.9. The molecule has 0 amide bonds. The molecule has 4 nitrogen and oxygen atoms in total. The Morgan fingerprint density at radius 2 is 2.05 bits per heavy atom. The van der Waals surface area contributed by atoms with Gasteiger partial charge in [0.05, 0.1) is 10.0 Å². The fraction of sp³-hybridized carbons (Fsp3) is 0.0714. The Kier molecular flexibility index (Phi) is 3.94. The predicted molar refractivity (Wildman–Crippen MR) is 79.9 cm³/mol. The summed E-state index contributed by atoms with van der Waals surface area (Å²) in [5.74, 6) is -1.41. The first-order valence-corrected chi connectivity index (χ1v) is 6.53. The summed E-state index contributed by atoms with van der Waals surface area (Å²) in [7, 11) is 0. The lowest BCUT2D eigenvalue weighted by Crippen LogP contribution is -2.03. The molecule has 104 valence electrons. The third-order valence-electron chi connectivity index (χ3n) is 2.83. The van der Waals surface area contributed by atoms with Crippen LogP contribution < -0.4 is 11.1 Å². The lowest BCUT2D eigenvalue weighted by molar-refractivity contribution is 0.0698. The van der Waals surface area contributed by atoms with Crippen molar-refractivity contribution in [2.75, 3.05) is 11.1 Å². The highest BCUT2D eigenvalue weighted by Crippen LogP contribution is 2.28. The first-order valence-electron chi connectivity index (χ1n) is 5.74. The number of rotatable bonds is 3. The molecule has 0 spiro atoms. The molecule has 4 N–H and O–H groups in total. The summed E-state index contributed by atoms with van der Waals surface area (Å²) < 4.78 is 13.7. The molecule has 2 aromatic carbocycles. The zero-order chi connectivity index (χ0) is 14.9. The van der Waals surface area contributed by atoms with E-state index >= 15 is 0 Å². The Morgan fingerprint density at radius 3 is 2.65 bits per heavy atom. The van der Waals surface area contributed by atoms with Crippen LogP contribution in [0.4, 0.5) is 21.5 Å². The Labute approximate surface area is 123 Å². The number of carboxylic acid groups (broad SMARTS) is 1. The van der Waals surface area contributed by atoms with E-state index in [1.807, 2.05) is 0 Å². The molecule has 0 bridgehead atoms. The number of carboxylic acids is 1. The molecule has 0 unspecified atom stereocenters. The molecule has 0 radical (unpaired) electrons. The van der Waals surface area contributed by atoms with Crippen molar-refractivity contribution < 1.29 is 14.3 Å². The molecule has 0 aliphatic rings. The van der Waals surface area contributed by atoms with Crippen LogP contribution in [0, 0.1) is 12.7 Å². The van der Waals surface area contributed by atoms with E-state index in [4.69, 9.17) is 10.8 Å². The van der Waals surface area contributed by atoms with Gasteiger partial charge in [0, 0.05) is 17.1 Å². The Morgan fingerprint density at radius 1 is 1.35 bits per heavy atom. The van der Waals surface area contributed by atoms with Crippen molar-refractivity contribution in [2.24, 2.45) is 0 Å². The van der Waals surface area contributed by atoms with Crippen LogP contribution in [0.1, 0.15) is 15.9 Å². The SMILES string of the molecule is Cc1cc(F)c(Br)cc1Nc1ccc(C(=O)O)c(N)c1. The second-order valence-electron chi connectivity index (χ2n) is 4.31. The fourth-order valence-corrected chi connectivity index (χ4v) is 2.12. The van der Waals surface area contributed by atoms with Gasteiger partial charge in [-0.25, -0.2) is 9.18 Å². The standard InChI is InChI=1S/C14H12BrFN2O2/c1-7-4-11(16)10(15)6-13(7)18-8-2-3-9(14(19)20)12(17)5-8/h2-6,18H,17H2,1H3,(H,19,20). The summed E-state index contributed by atoms with van der Waals surface area (Å²) in [5.41, 5.74) is 7.97. The molecule has 20 heavy (non-hydrogen) atoms. The van der Waals surface area contributed by atoms with Gasteiger partial charge >= 0.3 is 5.97 Å². The molecular weight excluding hydrogens is 327 g/mol. The first-order chi connectivity index (χ1) is 9.38. The first kappa shape index (κ1) is 14.3. The minimum absolute atomic E-state index is 0.0487. The van der Waals surface area contributed by atoms with Gasteiger partial charge in [0.15, 0.2) is 0 Å². The molecule has 0 atom stereocenters. The summed E-state index contributed by atoms with van der Waals surface area (Å²) in [6, 6.07) is 7.58. The second-order valence-corrected chi connectivity index (χ2v) is 5.17. The number of hydrogen-bond acceptors (Lipinski definition) is 3. The van der Waals surface area contributed by atoms with Gasteiger partial charge in [-0.3, -0.25) is 0 Å². The zero-order valence-electron chi connectivity index (χ0n) is 10.6. The lowest BCUT2D eigenvalue weighted by Gasteiger charge is -2.12. The third-order valence-corrected chi connectivity index (χ3v) is 3.44. The number of carbonyl (C=O) groups is 1. The summed E-state index contributed by atoms with van der Waals surface area (Å²) in [6.07, 6.45) is 0. The van der Waals surface area contributed by atoms with Crippen LogP contribution in [0.3, 0.4) is 0 Å². The topological polar surface area (TPSA) is 75.3 Å². The second kappa shape index (κ2) is 5.50. The number of nitrogen functional groups attached to an aromatic ring is 1. The average molecular weight is 339 g/mol. The summed E-state index contributed by atoms with van der Waals surface area (Å²) in [5, 5.41) is 12.0. The van der Waals surface area contributed by atoms with Crippen LogP contribution in [0.15, 0.2) is 34.8 Å². The molecule has 0 saturated carbocycles. The molecule has 6 heteroatoms. The van der Waals surface area contributed by atoms with Gasteiger partial charge in [-0.15, -0.1) is 0 Å². The van der Waals surface area contributed by atoms with Crippen LogP contribution in [0.5, 0.6) is 0 Å². The Bertz CT molecular complexity index is 689. The van der Waals surface area contributed by atoms with E-state index in [9.17, 15) is 9.18 Å². The van der Waals surface area contributed by atoms with Gasteiger partial charge < -0.3 is 16.2 Å². The van der Waals surface area contributed by atoms with Crippen molar-refractivity contribution in [3.8, 4) is 0 Å². The van der Waals surface area contributed by atoms with Gasteiger partial charge in [0.2, 0.25) is 0 Å². The minimum Gasteiger partial charge on any atom is -0.478 e. The summed E-state index contributed by atoms with van der Waals surface area (Å²) >= 11 is 3.12. The summed E-state index contributed by atoms with van der Waals surface area (Å²) in [4.78, 5) is 10.9. The fourth-order valence-electron chi connectivity index (χ4n) is 1.77. The van der Waals surface area contributed by atoms with Crippen molar-refractivity contribution in [1.29, 1.82) is 0 Å². The van der Waals surface area contributed by atoms with Crippen LogP contribution in [-0.4, -0.2) is 11.1 Å². The molecule has 0 saturated heterocycles. The van der Waals surface area contributed by atoms with E-state index in [2.05, 4.69) is 21.2 Å². The molecule has 0 fully saturated rings. The van der Waals surface area contributed by atoms with Gasteiger partial charge in [-0.05, 0) is 58.7 Å². The lowest BCUT2D eigenvalue weighted by atomic mass is 10.1. The van der Waals surface area contributed by atoms with Crippen LogP contribution >= 0.6 is 15.9 Å². The van der Waals surface area contributed by atoms with Crippen molar-refractivity contribution >= 4 is 39.0 Å². The molecule has 0 aliphatic heterocycles. The monoisotopic (exact) mass is 338 g/mol. The number of hydrogen-bond donors (Lipinski definition) is 3.